The lowest BCUT2D eigenvalue weighted by Gasteiger charge is -2.28. The second-order valence-electron chi connectivity index (χ2n) is 4.64. The van der Waals surface area contributed by atoms with Gasteiger partial charge in [0.15, 0.2) is 0 Å². The van der Waals surface area contributed by atoms with Crippen molar-refractivity contribution in [3.05, 3.63) is 0 Å². The van der Waals surface area contributed by atoms with Crippen LogP contribution in [0.15, 0.2) is 0 Å². The number of carbonyl (C=O) groups excluding carboxylic acids is 1. The summed E-state index contributed by atoms with van der Waals surface area (Å²) in [4.78, 5) is 16.3. The molecule has 1 aliphatic rings. The van der Waals surface area contributed by atoms with Crippen molar-refractivity contribution >= 4 is 5.91 Å². The minimum absolute atomic E-state index is 0.277. The molecule has 1 saturated heterocycles. The largest absolute Gasteiger partial charge is 0.340 e. The highest BCUT2D eigenvalue weighted by Gasteiger charge is 2.18. The van der Waals surface area contributed by atoms with Crippen LogP contribution in [-0.2, 0) is 4.79 Å². The summed E-state index contributed by atoms with van der Waals surface area (Å²) in [5.41, 5.74) is 0. The Kier molecular flexibility index (Phi) is 5.77. The smallest absolute Gasteiger partial charge is 0.236 e. The van der Waals surface area contributed by atoms with Crippen molar-refractivity contribution in [3.8, 4) is 0 Å². The first-order chi connectivity index (χ1) is 7.65. The van der Waals surface area contributed by atoms with E-state index in [4.69, 9.17) is 0 Å². The van der Waals surface area contributed by atoms with Crippen LogP contribution in [0.5, 0.6) is 0 Å². The highest BCUT2D eigenvalue weighted by molar-refractivity contribution is 5.78. The number of likely N-dealkylation sites (N-methyl/N-ethyl adjacent to an activating group) is 1. The van der Waals surface area contributed by atoms with Gasteiger partial charge in [0.1, 0.15) is 0 Å². The zero-order valence-corrected chi connectivity index (χ0v) is 10.8. The Balaban J connectivity index is 2.42. The van der Waals surface area contributed by atoms with Gasteiger partial charge >= 0.3 is 0 Å². The summed E-state index contributed by atoms with van der Waals surface area (Å²) in [6.07, 6.45) is 1.07. The van der Waals surface area contributed by atoms with Crippen LogP contribution in [0.1, 0.15) is 27.2 Å². The van der Waals surface area contributed by atoms with E-state index in [2.05, 4.69) is 31.0 Å². The number of nitrogens with zero attached hydrogens (tertiary/aromatic N) is 2. The van der Waals surface area contributed by atoms with Crippen LogP contribution >= 0.6 is 0 Å². The van der Waals surface area contributed by atoms with Crippen LogP contribution in [0.25, 0.3) is 0 Å². The molecule has 94 valence electrons. The lowest BCUT2D eigenvalue weighted by Crippen LogP contribution is -2.44. The van der Waals surface area contributed by atoms with Crippen molar-refractivity contribution in [2.45, 2.75) is 33.2 Å². The Labute approximate surface area is 99.0 Å². The molecule has 0 aromatic rings. The van der Waals surface area contributed by atoms with Crippen LogP contribution in [0.3, 0.4) is 0 Å². The Hall–Kier alpha value is -0.610. The highest BCUT2D eigenvalue weighted by atomic mass is 16.2. The van der Waals surface area contributed by atoms with Crippen molar-refractivity contribution < 1.29 is 4.79 Å². The van der Waals surface area contributed by atoms with E-state index in [1.54, 1.807) is 0 Å². The van der Waals surface area contributed by atoms with E-state index in [-0.39, 0.29) is 5.91 Å². The molecule has 0 saturated carbocycles. The van der Waals surface area contributed by atoms with E-state index >= 15 is 0 Å². The molecular weight excluding hydrogens is 202 g/mol. The molecule has 0 aliphatic carbocycles. The second-order valence-corrected chi connectivity index (χ2v) is 4.64. The Morgan fingerprint density at radius 1 is 1.38 bits per heavy atom. The average Bonchev–Trinajstić information content (AvgIpc) is 2.53. The second kappa shape index (κ2) is 6.86. The van der Waals surface area contributed by atoms with Crippen molar-refractivity contribution in [1.82, 2.24) is 15.1 Å². The molecule has 1 aliphatic heterocycles. The van der Waals surface area contributed by atoms with E-state index < -0.39 is 0 Å². The van der Waals surface area contributed by atoms with E-state index in [1.165, 1.54) is 0 Å². The Morgan fingerprint density at radius 2 is 2.12 bits per heavy atom. The predicted octanol–water partition coefficient (Wildman–Crippen LogP) is 0.539. The quantitative estimate of drug-likeness (QED) is 0.761. The molecule has 0 radical (unpaired) electrons. The summed E-state index contributed by atoms with van der Waals surface area (Å²) >= 11 is 0. The first-order valence-electron chi connectivity index (χ1n) is 6.37. The molecular formula is C12H25N3O. The predicted molar refractivity (Wildman–Crippen MR) is 66.4 cm³/mol. The van der Waals surface area contributed by atoms with Crippen LogP contribution in [0, 0.1) is 0 Å². The fourth-order valence-corrected chi connectivity index (χ4v) is 2.03. The summed E-state index contributed by atoms with van der Waals surface area (Å²) in [6.45, 7) is 11.6. The van der Waals surface area contributed by atoms with Gasteiger partial charge in [-0.3, -0.25) is 9.69 Å². The molecule has 4 heteroatoms. The normalized spacial score (nSPS) is 17.9. The SMILES string of the molecule is CCN(CC(=O)N1CCCNCC1)C(C)C. The molecule has 0 aromatic heterocycles. The molecule has 1 rings (SSSR count). The fraction of sp³-hybridized carbons (Fsp3) is 0.917. The van der Waals surface area contributed by atoms with Crippen LogP contribution in [0.2, 0.25) is 0 Å². The number of hydrogen-bond acceptors (Lipinski definition) is 3. The molecule has 1 N–H and O–H groups in total. The summed E-state index contributed by atoms with van der Waals surface area (Å²) in [5, 5.41) is 3.31. The number of rotatable bonds is 4. The maximum Gasteiger partial charge on any atom is 0.236 e. The van der Waals surface area contributed by atoms with Crippen LogP contribution in [-0.4, -0.2) is 61.0 Å². The highest BCUT2D eigenvalue weighted by Crippen LogP contribution is 2.01. The molecule has 0 spiro atoms. The number of hydrogen-bond donors (Lipinski definition) is 1. The zero-order chi connectivity index (χ0) is 12.0. The van der Waals surface area contributed by atoms with Gasteiger partial charge in [0.05, 0.1) is 6.54 Å². The molecule has 16 heavy (non-hydrogen) atoms. The topological polar surface area (TPSA) is 35.6 Å². The van der Waals surface area contributed by atoms with Crippen molar-refractivity contribution in [2.75, 3.05) is 39.3 Å². The molecule has 0 bridgehead atoms. The molecule has 1 heterocycles. The van der Waals surface area contributed by atoms with Gasteiger partial charge in [0.2, 0.25) is 5.91 Å². The van der Waals surface area contributed by atoms with Gasteiger partial charge in [-0.05, 0) is 33.4 Å². The molecule has 1 amide bonds. The first kappa shape index (κ1) is 13.5. The zero-order valence-electron chi connectivity index (χ0n) is 10.8. The van der Waals surface area contributed by atoms with E-state index in [0.717, 1.165) is 39.1 Å². The van der Waals surface area contributed by atoms with E-state index in [1.807, 2.05) is 4.90 Å². The van der Waals surface area contributed by atoms with E-state index in [0.29, 0.717) is 12.6 Å². The van der Waals surface area contributed by atoms with Crippen molar-refractivity contribution in [1.29, 1.82) is 0 Å². The van der Waals surface area contributed by atoms with Gasteiger partial charge in [0, 0.05) is 25.7 Å². The van der Waals surface area contributed by atoms with Gasteiger partial charge in [-0.2, -0.15) is 0 Å². The Morgan fingerprint density at radius 3 is 2.75 bits per heavy atom. The summed E-state index contributed by atoms with van der Waals surface area (Å²) in [5.74, 6) is 0.277. The van der Waals surface area contributed by atoms with Crippen molar-refractivity contribution in [2.24, 2.45) is 0 Å². The molecule has 0 unspecified atom stereocenters. The molecule has 1 fully saturated rings. The van der Waals surface area contributed by atoms with E-state index in [9.17, 15) is 4.79 Å². The monoisotopic (exact) mass is 227 g/mol. The Bertz CT molecular complexity index is 210. The molecule has 0 atom stereocenters. The summed E-state index contributed by atoms with van der Waals surface area (Å²) < 4.78 is 0. The first-order valence-corrected chi connectivity index (χ1v) is 6.37. The fourth-order valence-electron chi connectivity index (χ4n) is 2.03. The maximum absolute atomic E-state index is 12.1. The number of amides is 1. The van der Waals surface area contributed by atoms with Gasteiger partial charge in [0.25, 0.3) is 0 Å². The minimum Gasteiger partial charge on any atom is -0.340 e. The third-order valence-electron chi connectivity index (χ3n) is 3.17. The van der Waals surface area contributed by atoms with Gasteiger partial charge in [-0.1, -0.05) is 6.92 Å². The van der Waals surface area contributed by atoms with Crippen LogP contribution in [0.4, 0.5) is 0 Å². The number of nitrogens with one attached hydrogen (secondary N) is 1. The van der Waals surface area contributed by atoms with Gasteiger partial charge < -0.3 is 10.2 Å². The van der Waals surface area contributed by atoms with Crippen LogP contribution < -0.4 is 5.32 Å². The standard InChI is InChI=1S/C12H25N3O/c1-4-14(11(2)3)10-12(16)15-8-5-6-13-7-9-15/h11,13H,4-10H2,1-3H3. The summed E-state index contributed by atoms with van der Waals surface area (Å²) in [6, 6.07) is 0.444. The third-order valence-corrected chi connectivity index (χ3v) is 3.17. The van der Waals surface area contributed by atoms with Crippen molar-refractivity contribution in [3.63, 3.8) is 0 Å². The van der Waals surface area contributed by atoms with Gasteiger partial charge in [-0.15, -0.1) is 0 Å². The lowest BCUT2D eigenvalue weighted by molar-refractivity contribution is -0.132. The van der Waals surface area contributed by atoms with Gasteiger partial charge in [-0.25, -0.2) is 0 Å². The maximum atomic E-state index is 12.1. The lowest BCUT2D eigenvalue weighted by atomic mass is 10.3. The summed E-state index contributed by atoms with van der Waals surface area (Å²) in [7, 11) is 0. The average molecular weight is 227 g/mol. The molecule has 0 aromatic carbocycles. The minimum atomic E-state index is 0.277. The molecule has 4 nitrogen and oxygen atoms in total. The third kappa shape index (κ3) is 4.10. The number of carbonyl (C=O) groups is 1.